The molecule has 1 fully saturated rings. The third kappa shape index (κ3) is 4.70. The van der Waals surface area contributed by atoms with Gasteiger partial charge in [-0.3, -0.25) is 0 Å². The summed E-state index contributed by atoms with van der Waals surface area (Å²) in [6.07, 6.45) is -3.26. The fourth-order valence-corrected chi connectivity index (χ4v) is 2.17. The summed E-state index contributed by atoms with van der Waals surface area (Å²) in [4.78, 5) is 0. The smallest absolute Gasteiger partial charge is 0.389 e. The first-order chi connectivity index (χ1) is 7.31. The third-order valence-corrected chi connectivity index (χ3v) is 3.24. The van der Waals surface area contributed by atoms with E-state index >= 15 is 0 Å². The van der Waals surface area contributed by atoms with Gasteiger partial charge in [0, 0.05) is 19.6 Å². The van der Waals surface area contributed by atoms with Gasteiger partial charge < -0.3 is 9.84 Å². The van der Waals surface area contributed by atoms with Gasteiger partial charge in [-0.05, 0) is 38.5 Å². The molecule has 1 N–H and O–H groups in total. The summed E-state index contributed by atoms with van der Waals surface area (Å²) < 4.78 is 41.1. The van der Waals surface area contributed by atoms with Gasteiger partial charge in [0.25, 0.3) is 0 Å². The van der Waals surface area contributed by atoms with Gasteiger partial charge in [0.2, 0.25) is 0 Å². The first-order valence-electron chi connectivity index (χ1n) is 5.68. The molecule has 1 atom stereocenters. The standard InChI is InChI=1S/C11H19F3O2/c1-10(15,5-2-6-11(12,13)14)9-3-7-16-8-4-9/h9,15H,2-8H2,1H3. The Balaban J connectivity index is 2.32. The molecule has 96 valence electrons. The maximum Gasteiger partial charge on any atom is 0.389 e. The van der Waals surface area contributed by atoms with Crippen molar-refractivity contribution < 1.29 is 23.0 Å². The highest BCUT2D eigenvalue weighted by atomic mass is 19.4. The minimum Gasteiger partial charge on any atom is -0.390 e. The second-order valence-corrected chi connectivity index (χ2v) is 4.71. The minimum absolute atomic E-state index is 0.00609. The van der Waals surface area contributed by atoms with Gasteiger partial charge in [0.15, 0.2) is 0 Å². The Morgan fingerprint density at radius 3 is 2.25 bits per heavy atom. The average molecular weight is 240 g/mol. The molecule has 0 amide bonds. The van der Waals surface area contributed by atoms with E-state index in [2.05, 4.69) is 0 Å². The van der Waals surface area contributed by atoms with E-state index in [-0.39, 0.29) is 18.8 Å². The Morgan fingerprint density at radius 2 is 1.75 bits per heavy atom. The Bertz CT molecular complexity index is 208. The van der Waals surface area contributed by atoms with Crippen molar-refractivity contribution in [3.8, 4) is 0 Å². The molecule has 16 heavy (non-hydrogen) atoms. The van der Waals surface area contributed by atoms with Gasteiger partial charge in [-0.15, -0.1) is 0 Å². The monoisotopic (exact) mass is 240 g/mol. The molecule has 0 saturated carbocycles. The molecule has 0 bridgehead atoms. The Hall–Kier alpha value is -0.290. The van der Waals surface area contributed by atoms with E-state index in [1.54, 1.807) is 6.92 Å². The normalized spacial score (nSPS) is 23.1. The van der Waals surface area contributed by atoms with Crippen molar-refractivity contribution in [1.82, 2.24) is 0 Å². The van der Waals surface area contributed by atoms with E-state index in [9.17, 15) is 18.3 Å². The summed E-state index contributed by atoms with van der Waals surface area (Å²) >= 11 is 0. The zero-order chi connectivity index (χ0) is 12.2. The molecule has 1 rings (SSSR count). The highest BCUT2D eigenvalue weighted by Gasteiger charge is 2.34. The lowest BCUT2D eigenvalue weighted by molar-refractivity contribution is -0.139. The highest BCUT2D eigenvalue weighted by Crippen LogP contribution is 2.33. The number of ether oxygens (including phenoxy) is 1. The van der Waals surface area contributed by atoms with Crippen molar-refractivity contribution in [2.45, 2.75) is 50.8 Å². The zero-order valence-corrected chi connectivity index (χ0v) is 9.52. The molecule has 1 saturated heterocycles. The van der Waals surface area contributed by atoms with E-state index in [0.717, 1.165) is 12.8 Å². The molecule has 0 spiro atoms. The number of hydrogen-bond donors (Lipinski definition) is 1. The molecule has 0 aromatic carbocycles. The van der Waals surface area contributed by atoms with Crippen molar-refractivity contribution in [3.63, 3.8) is 0 Å². The molecule has 1 unspecified atom stereocenters. The maximum absolute atomic E-state index is 12.0. The topological polar surface area (TPSA) is 29.5 Å². The fourth-order valence-electron chi connectivity index (χ4n) is 2.17. The summed E-state index contributed by atoms with van der Waals surface area (Å²) in [5.41, 5.74) is -0.991. The second kappa shape index (κ2) is 5.36. The summed E-state index contributed by atoms with van der Waals surface area (Å²) in [5, 5.41) is 10.1. The molecule has 0 radical (unpaired) electrons. The van der Waals surface area contributed by atoms with Crippen LogP contribution in [0.15, 0.2) is 0 Å². The summed E-state index contributed by atoms with van der Waals surface area (Å²) in [5.74, 6) is 0.0643. The maximum atomic E-state index is 12.0. The number of aliphatic hydroxyl groups is 1. The Labute approximate surface area is 93.8 Å². The largest absolute Gasteiger partial charge is 0.390 e. The molecule has 1 heterocycles. The van der Waals surface area contributed by atoms with Crippen molar-refractivity contribution in [3.05, 3.63) is 0 Å². The Kier molecular flexibility index (Phi) is 4.62. The van der Waals surface area contributed by atoms with Crippen LogP contribution in [0.1, 0.15) is 39.0 Å². The average Bonchev–Trinajstić information content (AvgIpc) is 2.17. The van der Waals surface area contributed by atoms with E-state index in [0.29, 0.717) is 13.2 Å². The van der Waals surface area contributed by atoms with Crippen LogP contribution in [0.2, 0.25) is 0 Å². The molecule has 1 aliphatic heterocycles. The van der Waals surface area contributed by atoms with Crippen LogP contribution in [0, 0.1) is 5.92 Å². The number of rotatable bonds is 4. The molecule has 1 aliphatic rings. The van der Waals surface area contributed by atoms with E-state index in [1.807, 2.05) is 0 Å². The molecule has 0 aliphatic carbocycles. The van der Waals surface area contributed by atoms with Crippen LogP contribution in [0.5, 0.6) is 0 Å². The van der Waals surface area contributed by atoms with Crippen LogP contribution in [-0.2, 0) is 4.74 Å². The highest BCUT2D eigenvalue weighted by molar-refractivity contribution is 4.83. The van der Waals surface area contributed by atoms with Gasteiger partial charge in [0.1, 0.15) is 0 Å². The first kappa shape index (κ1) is 13.8. The lowest BCUT2D eigenvalue weighted by Crippen LogP contribution is -2.38. The minimum atomic E-state index is -4.12. The van der Waals surface area contributed by atoms with Crippen LogP contribution in [0.4, 0.5) is 13.2 Å². The van der Waals surface area contributed by atoms with E-state index in [4.69, 9.17) is 4.74 Å². The number of halogens is 3. The van der Waals surface area contributed by atoms with Crippen molar-refractivity contribution in [1.29, 1.82) is 0 Å². The molecule has 0 aromatic heterocycles. The molecule has 5 heteroatoms. The molecule has 2 nitrogen and oxygen atoms in total. The van der Waals surface area contributed by atoms with Crippen molar-refractivity contribution >= 4 is 0 Å². The Morgan fingerprint density at radius 1 is 1.19 bits per heavy atom. The predicted molar refractivity (Wildman–Crippen MR) is 54.1 cm³/mol. The zero-order valence-electron chi connectivity index (χ0n) is 9.52. The fraction of sp³-hybridized carbons (Fsp3) is 1.00. The van der Waals surface area contributed by atoms with E-state index < -0.39 is 18.2 Å². The van der Waals surface area contributed by atoms with Crippen LogP contribution in [0.3, 0.4) is 0 Å². The molecule has 0 aromatic rings. The number of hydrogen-bond acceptors (Lipinski definition) is 2. The van der Waals surface area contributed by atoms with Gasteiger partial charge in [-0.1, -0.05) is 0 Å². The van der Waals surface area contributed by atoms with Crippen LogP contribution >= 0.6 is 0 Å². The molecular formula is C11H19F3O2. The van der Waals surface area contributed by atoms with E-state index in [1.165, 1.54) is 0 Å². The van der Waals surface area contributed by atoms with Crippen LogP contribution < -0.4 is 0 Å². The molecular weight excluding hydrogens is 221 g/mol. The van der Waals surface area contributed by atoms with Gasteiger partial charge >= 0.3 is 6.18 Å². The first-order valence-corrected chi connectivity index (χ1v) is 5.68. The lowest BCUT2D eigenvalue weighted by atomic mass is 9.80. The summed E-state index contributed by atoms with van der Waals surface area (Å²) in [7, 11) is 0. The number of alkyl halides is 3. The predicted octanol–water partition coefficient (Wildman–Crippen LogP) is 2.90. The van der Waals surface area contributed by atoms with Crippen molar-refractivity contribution in [2.75, 3.05) is 13.2 Å². The van der Waals surface area contributed by atoms with Gasteiger partial charge in [-0.2, -0.15) is 13.2 Å². The van der Waals surface area contributed by atoms with Crippen LogP contribution in [0.25, 0.3) is 0 Å². The van der Waals surface area contributed by atoms with Crippen molar-refractivity contribution in [2.24, 2.45) is 5.92 Å². The van der Waals surface area contributed by atoms with Crippen LogP contribution in [-0.4, -0.2) is 30.1 Å². The SMILES string of the molecule is CC(O)(CCCC(F)(F)F)C1CCOCC1. The summed E-state index contributed by atoms with van der Waals surface area (Å²) in [6, 6.07) is 0. The second-order valence-electron chi connectivity index (χ2n) is 4.71. The lowest BCUT2D eigenvalue weighted by Gasteiger charge is -2.35. The van der Waals surface area contributed by atoms with Gasteiger partial charge in [0.05, 0.1) is 5.60 Å². The third-order valence-electron chi connectivity index (χ3n) is 3.24. The van der Waals surface area contributed by atoms with Gasteiger partial charge in [-0.25, -0.2) is 0 Å². The summed E-state index contributed by atoms with van der Waals surface area (Å²) in [6.45, 7) is 2.83. The quantitative estimate of drug-likeness (QED) is 0.818.